The van der Waals surface area contributed by atoms with Crippen molar-refractivity contribution in [3.8, 4) is 0 Å². The number of sulfone groups is 1. The largest absolute Gasteiger partial charge is 0.368 e. The summed E-state index contributed by atoms with van der Waals surface area (Å²) < 4.78 is 22.4. The first kappa shape index (κ1) is 13.7. The van der Waals surface area contributed by atoms with Crippen LogP contribution in [-0.4, -0.2) is 40.9 Å². The predicted octanol–water partition coefficient (Wildman–Crippen LogP) is 1.26. The zero-order valence-electron chi connectivity index (χ0n) is 11.1. The minimum Gasteiger partial charge on any atom is -0.368 e. The predicted molar refractivity (Wildman–Crippen MR) is 74.7 cm³/mol. The Kier molecular flexibility index (Phi) is 3.40. The van der Waals surface area contributed by atoms with Gasteiger partial charge in [-0.1, -0.05) is 0 Å². The van der Waals surface area contributed by atoms with Gasteiger partial charge in [-0.3, -0.25) is 4.98 Å². The first-order valence-electron chi connectivity index (χ1n) is 5.81. The van der Waals surface area contributed by atoms with E-state index in [2.05, 4.69) is 20.3 Å². The second-order valence-electron chi connectivity index (χ2n) is 4.98. The first-order valence-corrected chi connectivity index (χ1v) is 7.70. The fourth-order valence-electron chi connectivity index (χ4n) is 1.39. The Balaban J connectivity index is 2.19. The highest BCUT2D eigenvalue weighted by Gasteiger charge is 2.29. The number of aromatic nitrogens is 3. The summed E-state index contributed by atoms with van der Waals surface area (Å²) in [4.78, 5) is 12.5. The molecule has 0 saturated carbocycles. The number of fused-ring (bicyclic) bond motifs is 1. The second kappa shape index (κ2) is 4.73. The van der Waals surface area contributed by atoms with Crippen LogP contribution in [0.3, 0.4) is 0 Å². The second-order valence-corrected chi connectivity index (χ2v) is 7.63. The fourth-order valence-corrected chi connectivity index (χ4v) is 1.72. The molecule has 0 spiro atoms. The van der Waals surface area contributed by atoms with E-state index in [4.69, 9.17) is 0 Å². The van der Waals surface area contributed by atoms with Gasteiger partial charge in [0.15, 0.2) is 15.5 Å². The number of nitrogens with one attached hydrogen (secondary N) is 1. The average molecular weight is 280 g/mol. The molecule has 0 aromatic carbocycles. The van der Waals surface area contributed by atoms with Crippen LogP contribution in [0.5, 0.6) is 0 Å². The number of rotatable bonds is 4. The lowest BCUT2D eigenvalue weighted by Gasteiger charge is -2.23. The molecule has 1 N–H and O–H groups in total. The SMILES string of the molecule is CC(C)(CNc1ccc2nccnc2n1)S(C)(=O)=O. The number of hydrogen-bond acceptors (Lipinski definition) is 6. The van der Waals surface area contributed by atoms with E-state index in [0.717, 1.165) is 0 Å². The van der Waals surface area contributed by atoms with E-state index in [1.54, 1.807) is 38.4 Å². The molecular weight excluding hydrogens is 264 g/mol. The van der Waals surface area contributed by atoms with Crippen molar-refractivity contribution in [2.45, 2.75) is 18.6 Å². The van der Waals surface area contributed by atoms with E-state index in [-0.39, 0.29) is 6.54 Å². The molecule has 0 radical (unpaired) electrons. The van der Waals surface area contributed by atoms with Crippen LogP contribution in [0.2, 0.25) is 0 Å². The summed E-state index contributed by atoms with van der Waals surface area (Å²) >= 11 is 0. The Hall–Kier alpha value is -1.76. The smallest absolute Gasteiger partial charge is 0.180 e. The zero-order valence-corrected chi connectivity index (χ0v) is 11.9. The quantitative estimate of drug-likeness (QED) is 0.907. The number of anilines is 1. The van der Waals surface area contributed by atoms with Crippen LogP contribution < -0.4 is 5.32 Å². The lowest BCUT2D eigenvalue weighted by Crippen LogP contribution is -2.38. The number of pyridine rings is 1. The topological polar surface area (TPSA) is 84.8 Å². The summed E-state index contributed by atoms with van der Waals surface area (Å²) in [5.74, 6) is 0.588. The molecule has 0 amide bonds. The molecule has 0 unspecified atom stereocenters. The maximum Gasteiger partial charge on any atom is 0.180 e. The molecule has 2 rings (SSSR count). The molecule has 0 saturated heterocycles. The van der Waals surface area contributed by atoms with Crippen LogP contribution in [0.1, 0.15) is 13.8 Å². The van der Waals surface area contributed by atoms with Gasteiger partial charge in [0.05, 0.1) is 4.75 Å². The van der Waals surface area contributed by atoms with Crippen molar-refractivity contribution in [1.29, 1.82) is 0 Å². The van der Waals surface area contributed by atoms with Gasteiger partial charge in [0.1, 0.15) is 11.3 Å². The molecule has 102 valence electrons. The lowest BCUT2D eigenvalue weighted by molar-refractivity contribution is 0.559. The lowest BCUT2D eigenvalue weighted by atomic mass is 10.2. The van der Waals surface area contributed by atoms with E-state index in [0.29, 0.717) is 17.0 Å². The summed E-state index contributed by atoms with van der Waals surface area (Å²) in [5.41, 5.74) is 1.24. The minimum atomic E-state index is -3.13. The van der Waals surface area contributed by atoms with Crippen molar-refractivity contribution in [3.05, 3.63) is 24.5 Å². The van der Waals surface area contributed by atoms with Crippen molar-refractivity contribution in [2.75, 3.05) is 18.1 Å². The van der Waals surface area contributed by atoms with E-state index in [9.17, 15) is 8.42 Å². The molecule has 0 bridgehead atoms. The van der Waals surface area contributed by atoms with Crippen molar-refractivity contribution in [3.63, 3.8) is 0 Å². The van der Waals surface area contributed by atoms with Crippen molar-refractivity contribution in [1.82, 2.24) is 15.0 Å². The van der Waals surface area contributed by atoms with Crippen LogP contribution in [0.25, 0.3) is 11.2 Å². The van der Waals surface area contributed by atoms with E-state index in [1.807, 2.05) is 0 Å². The molecule has 2 aromatic heterocycles. The first-order chi connectivity index (χ1) is 8.79. The van der Waals surface area contributed by atoms with Gasteiger partial charge in [-0.15, -0.1) is 0 Å². The van der Waals surface area contributed by atoms with Crippen LogP contribution in [0.4, 0.5) is 5.82 Å². The van der Waals surface area contributed by atoms with E-state index < -0.39 is 14.6 Å². The van der Waals surface area contributed by atoms with Gasteiger partial charge in [0.25, 0.3) is 0 Å². The summed E-state index contributed by atoms with van der Waals surface area (Å²) in [6.07, 6.45) is 4.40. The highest BCUT2D eigenvalue weighted by molar-refractivity contribution is 7.92. The summed E-state index contributed by atoms with van der Waals surface area (Å²) in [5, 5.41) is 3.03. The third-order valence-corrected chi connectivity index (χ3v) is 5.18. The zero-order chi connectivity index (χ0) is 14.1. The van der Waals surface area contributed by atoms with E-state index in [1.165, 1.54) is 6.26 Å². The van der Waals surface area contributed by atoms with Crippen molar-refractivity contribution >= 4 is 26.8 Å². The van der Waals surface area contributed by atoms with Crippen LogP contribution in [-0.2, 0) is 9.84 Å². The molecule has 0 atom stereocenters. The maximum atomic E-state index is 11.6. The standard InChI is InChI=1S/C12H16N4O2S/c1-12(2,19(3,17)18)8-15-10-5-4-9-11(16-10)14-7-6-13-9/h4-7H,8H2,1-3H3,(H,14,15,16). The highest BCUT2D eigenvalue weighted by atomic mass is 32.2. The molecular formula is C12H16N4O2S. The monoisotopic (exact) mass is 280 g/mol. The summed E-state index contributed by atoms with van der Waals surface area (Å²) in [6.45, 7) is 3.64. The van der Waals surface area contributed by atoms with Gasteiger partial charge in [-0.2, -0.15) is 0 Å². The molecule has 0 fully saturated rings. The van der Waals surface area contributed by atoms with Crippen LogP contribution in [0, 0.1) is 0 Å². The van der Waals surface area contributed by atoms with Gasteiger partial charge in [-0.05, 0) is 26.0 Å². The molecule has 6 nitrogen and oxygen atoms in total. The molecule has 0 aliphatic heterocycles. The van der Waals surface area contributed by atoms with Crippen LogP contribution in [0.15, 0.2) is 24.5 Å². The van der Waals surface area contributed by atoms with Crippen molar-refractivity contribution in [2.24, 2.45) is 0 Å². The van der Waals surface area contributed by atoms with Crippen LogP contribution >= 0.6 is 0 Å². The Morgan fingerprint density at radius 3 is 2.58 bits per heavy atom. The molecule has 7 heteroatoms. The van der Waals surface area contributed by atoms with E-state index >= 15 is 0 Å². The van der Waals surface area contributed by atoms with Gasteiger partial charge in [0.2, 0.25) is 0 Å². The van der Waals surface area contributed by atoms with Gasteiger partial charge in [0, 0.05) is 25.2 Å². The molecule has 0 aliphatic carbocycles. The third-order valence-electron chi connectivity index (χ3n) is 3.03. The Bertz CT molecular complexity index is 698. The van der Waals surface area contributed by atoms with Crippen molar-refractivity contribution < 1.29 is 8.42 Å². The molecule has 2 heterocycles. The third kappa shape index (κ3) is 2.98. The van der Waals surface area contributed by atoms with Gasteiger partial charge in [-0.25, -0.2) is 18.4 Å². The van der Waals surface area contributed by atoms with Gasteiger partial charge >= 0.3 is 0 Å². The normalized spacial score (nSPS) is 12.6. The average Bonchev–Trinajstić information content (AvgIpc) is 2.35. The fraction of sp³-hybridized carbons (Fsp3) is 0.417. The van der Waals surface area contributed by atoms with Gasteiger partial charge < -0.3 is 5.32 Å². The molecule has 2 aromatic rings. The number of hydrogen-bond donors (Lipinski definition) is 1. The molecule has 0 aliphatic rings. The Morgan fingerprint density at radius 2 is 1.89 bits per heavy atom. The Morgan fingerprint density at radius 1 is 1.21 bits per heavy atom. The number of nitrogens with zero attached hydrogens (tertiary/aromatic N) is 3. The highest BCUT2D eigenvalue weighted by Crippen LogP contribution is 2.17. The summed E-state index contributed by atoms with van der Waals surface area (Å²) in [7, 11) is -3.13. The molecule has 19 heavy (non-hydrogen) atoms. The maximum absolute atomic E-state index is 11.6. The Labute approximate surface area is 112 Å². The minimum absolute atomic E-state index is 0.282. The summed E-state index contributed by atoms with van der Waals surface area (Å²) in [6, 6.07) is 3.56.